The molecule has 2 aromatic heterocycles. The van der Waals surface area contributed by atoms with E-state index < -0.39 is 0 Å². The lowest BCUT2D eigenvalue weighted by atomic mass is 10.2. The predicted octanol–water partition coefficient (Wildman–Crippen LogP) is 2.23. The zero-order chi connectivity index (χ0) is 14.5. The monoisotopic (exact) mass is 276 g/mol. The van der Waals surface area contributed by atoms with Crippen molar-refractivity contribution in [3.63, 3.8) is 0 Å². The van der Waals surface area contributed by atoms with Crippen molar-refractivity contribution in [1.29, 1.82) is 0 Å². The molecule has 0 saturated carbocycles. The Hall–Kier alpha value is -2.24. The van der Waals surface area contributed by atoms with Gasteiger partial charge >= 0.3 is 6.03 Å². The van der Waals surface area contributed by atoms with E-state index >= 15 is 0 Å². The molecule has 0 aliphatic carbocycles. The molecule has 2 amide bonds. The molecule has 0 aliphatic rings. The van der Waals surface area contributed by atoms with Crippen LogP contribution >= 0.6 is 0 Å². The number of urea groups is 1. The molecule has 0 spiro atoms. The van der Waals surface area contributed by atoms with Crippen molar-refractivity contribution in [1.82, 2.24) is 20.4 Å². The Morgan fingerprint density at radius 2 is 2.20 bits per heavy atom. The van der Waals surface area contributed by atoms with Crippen molar-refractivity contribution in [3.05, 3.63) is 42.1 Å². The van der Waals surface area contributed by atoms with E-state index in [1.54, 1.807) is 10.9 Å². The summed E-state index contributed by atoms with van der Waals surface area (Å²) in [5.74, 6) is 1.58. The van der Waals surface area contributed by atoms with Gasteiger partial charge in [0.05, 0.1) is 12.6 Å². The van der Waals surface area contributed by atoms with Crippen LogP contribution in [0.15, 0.2) is 35.0 Å². The number of furan rings is 1. The largest absolute Gasteiger partial charge is 0.464 e. The number of aryl methyl sites for hydroxylation is 1. The average Bonchev–Trinajstić information content (AvgIpc) is 3.00. The average molecular weight is 276 g/mol. The van der Waals surface area contributed by atoms with E-state index in [9.17, 15) is 4.79 Å². The first-order valence-corrected chi connectivity index (χ1v) is 6.65. The first-order valence-electron chi connectivity index (χ1n) is 6.65. The van der Waals surface area contributed by atoms with Crippen molar-refractivity contribution < 1.29 is 9.21 Å². The third-order valence-electron chi connectivity index (χ3n) is 2.93. The highest BCUT2D eigenvalue weighted by Crippen LogP contribution is 2.15. The van der Waals surface area contributed by atoms with Gasteiger partial charge in [0.1, 0.15) is 11.5 Å². The fourth-order valence-corrected chi connectivity index (χ4v) is 1.95. The fourth-order valence-electron chi connectivity index (χ4n) is 1.95. The van der Waals surface area contributed by atoms with Crippen molar-refractivity contribution in [2.45, 2.75) is 39.4 Å². The van der Waals surface area contributed by atoms with Gasteiger partial charge in [-0.1, -0.05) is 0 Å². The third-order valence-corrected chi connectivity index (χ3v) is 2.93. The maximum absolute atomic E-state index is 11.9. The van der Waals surface area contributed by atoms with Gasteiger partial charge in [0.25, 0.3) is 0 Å². The number of rotatable bonds is 5. The van der Waals surface area contributed by atoms with Crippen LogP contribution in [0.25, 0.3) is 0 Å². The minimum absolute atomic E-state index is 0.0135. The van der Waals surface area contributed by atoms with Crippen LogP contribution < -0.4 is 10.6 Å². The number of nitrogens with one attached hydrogen (secondary N) is 2. The van der Waals surface area contributed by atoms with Crippen molar-refractivity contribution in [2.24, 2.45) is 0 Å². The van der Waals surface area contributed by atoms with E-state index in [1.165, 1.54) is 0 Å². The summed E-state index contributed by atoms with van der Waals surface area (Å²) < 4.78 is 7.26. The summed E-state index contributed by atoms with van der Waals surface area (Å²) in [6.45, 7) is 6.33. The van der Waals surface area contributed by atoms with Gasteiger partial charge in [-0.3, -0.25) is 4.68 Å². The molecule has 0 saturated heterocycles. The number of carbonyl (C=O) groups excluding carboxylic acids is 1. The quantitative estimate of drug-likeness (QED) is 0.879. The summed E-state index contributed by atoms with van der Waals surface area (Å²) in [5, 5.41) is 9.82. The Morgan fingerprint density at radius 3 is 2.80 bits per heavy atom. The van der Waals surface area contributed by atoms with Crippen LogP contribution in [0.4, 0.5) is 4.79 Å². The number of hydrogen-bond donors (Lipinski definition) is 2. The van der Waals surface area contributed by atoms with E-state index in [2.05, 4.69) is 15.7 Å². The molecule has 20 heavy (non-hydrogen) atoms. The highest BCUT2D eigenvalue weighted by molar-refractivity contribution is 5.74. The highest BCUT2D eigenvalue weighted by Gasteiger charge is 2.14. The van der Waals surface area contributed by atoms with Gasteiger partial charge < -0.3 is 15.1 Å². The summed E-state index contributed by atoms with van der Waals surface area (Å²) in [4.78, 5) is 11.9. The van der Waals surface area contributed by atoms with Crippen molar-refractivity contribution in [3.8, 4) is 0 Å². The number of nitrogens with zero attached hydrogens (tertiary/aromatic N) is 2. The van der Waals surface area contributed by atoms with E-state index in [0.29, 0.717) is 6.54 Å². The van der Waals surface area contributed by atoms with E-state index in [-0.39, 0.29) is 18.1 Å². The van der Waals surface area contributed by atoms with E-state index in [1.807, 2.05) is 45.2 Å². The maximum Gasteiger partial charge on any atom is 0.315 e. The minimum Gasteiger partial charge on any atom is -0.464 e. The number of aromatic nitrogens is 2. The Labute approximate surface area is 118 Å². The lowest BCUT2D eigenvalue weighted by Crippen LogP contribution is -2.43. The molecule has 0 unspecified atom stereocenters. The fraction of sp³-hybridized carbons (Fsp3) is 0.429. The molecule has 2 N–H and O–H groups in total. The minimum atomic E-state index is -0.216. The molecular formula is C14H20N4O2. The van der Waals surface area contributed by atoms with Gasteiger partial charge in [-0.05, 0) is 39.0 Å². The Balaban J connectivity index is 1.80. The molecule has 0 bridgehead atoms. The van der Waals surface area contributed by atoms with Crippen LogP contribution in [0.5, 0.6) is 0 Å². The molecule has 0 fully saturated rings. The Kier molecular flexibility index (Phi) is 4.45. The zero-order valence-electron chi connectivity index (χ0n) is 12.0. The van der Waals surface area contributed by atoms with Crippen LogP contribution in [-0.4, -0.2) is 21.9 Å². The van der Waals surface area contributed by atoms with E-state index in [4.69, 9.17) is 4.42 Å². The van der Waals surface area contributed by atoms with Crippen LogP contribution in [0.3, 0.4) is 0 Å². The maximum atomic E-state index is 11.9. The molecule has 0 radical (unpaired) electrons. The molecular weight excluding hydrogens is 256 g/mol. The van der Waals surface area contributed by atoms with Crippen LogP contribution in [-0.2, 0) is 6.54 Å². The highest BCUT2D eigenvalue weighted by atomic mass is 16.3. The van der Waals surface area contributed by atoms with Gasteiger partial charge in [0.15, 0.2) is 0 Å². The predicted molar refractivity (Wildman–Crippen MR) is 75.2 cm³/mol. The Morgan fingerprint density at radius 1 is 1.40 bits per heavy atom. The van der Waals surface area contributed by atoms with Gasteiger partial charge in [-0.2, -0.15) is 5.10 Å². The summed E-state index contributed by atoms with van der Waals surface area (Å²) in [7, 11) is 0. The van der Waals surface area contributed by atoms with Gasteiger partial charge in [0, 0.05) is 18.4 Å². The normalized spacial score (nSPS) is 13.8. The zero-order valence-corrected chi connectivity index (χ0v) is 12.0. The summed E-state index contributed by atoms with van der Waals surface area (Å²) in [6, 6.07) is 5.21. The molecule has 2 aromatic rings. The summed E-state index contributed by atoms with van der Waals surface area (Å²) in [6.07, 6.45) is 3.58. The summed E-state index contributed by atoms with van der Waals surface area (Å²) >= 11 is 0. The molecule has 2 atom stereocenters. The number of carbonyl (C=O) groups is 1. The molecule has 6 heteroatoms. The van der Waals surface area contributed by atoms with Gasteiger partial charge in [0.2, 0.25) is 0 Å². The van der Waals surface area contributed by atoms with Crippen LogP contribution in [0.1, 0.15) is 31.4 Å². The van der Waals surface area contributed by atoms with Crippen molar-refractivity contribution in [2.75, 3.05) is 0 Å². The lowest BCUT2D eigenvalue weighted by molar-refractivity contribution is 0.231. The first-order chi connectivity index (χ1) is 9.54. The molecule has 2 heterocycles. The molecule has 2 rings (SSSR count). The summed E-state index contributed by atoms with van der Waals surface area (Å²) in [5.41, 5.74) is 0. The molecule has 108 valence electrons. The topological polar surface area (TPSA) is 72.1 Å². The third kappa shape index (κ3) is 3.88. The van der Waals surface area contributed by atoms with Gasteiger partial charge in [-0.15, -0.1) is 0 Å². The number of hydrogen-bond acceptors (Lipinski definition) is 3. The van der Waals surface area contributed by atoms with E-state index in [0.717, 1.165) is 11.5 Å². The van der Waals surface area contributed by atoms with Crippen LogP contribution in [0.2, 0.25) is 0 Å². The molecule has 0 aliphatic heterocycles. The second-order valence-electron chi connectivity index (χ2n) is 4.92. The Bertz CT molecular complexity index is 547. The smallest absolute Gasteiger partial charge is 0.315 e. The van der Waals surface area contributed by atoms with Crippen molar-refractivity contribution >= 4 is 6.03 Å². The second-order valence-corrected chi connectivity index (χ2v) is 4.92. The second kappa shape index (κ2) is 6.27. The molecule has 6 nitrogen and oxygen atoms in total. The first kappa shape index (κ1) is 14.2. The van der Waals surface area contributed by atoms with Gasteiger partial charge in [-0.25, -0.2) is 4.79 Å². The van der Waals surface area contributed by atoms with Crippen LogP contribution in [0, 0.1) is 6.92 Å². The standard InChI is InChI=1S/C14H20N4O2/c1-10(9-18-8-4-7-15-18)16-14(19)17-12(3)13-6-5-11(2)20-13/h4-8,10,12H,9H2,1-3H3,(H2,16,17,19)/t10-,12+/m1/s1. The molecule has 0 aromatic carbocycles. The lowest BCUT2D eigenvalue weighted by Gasteiger charge is -2.17. The number of amides is 2. The SMILES string of the molecule is Cc1ccc([C@H](C)NC(=O)N[C@H](C)Cn2cccn2)o1.